The summed E-state index contributed by atoms with van der Waals surface area (Å²) < 4.78 is 26.3. The summed E-state index contributed by atoms with van der Waals surface area (Å²) in [5, 5.41) is 22.5. The van der Waals surface area contributed by atoms with E-state index in [4.69, 9.17) is 5.11 Å². The second-order valence-electron chi connectivity index (χ2n) is 4.44. The molecular formula is C14H12F2N2O3. The number of halogens is 2. The van der Waals surface area contributed by atoms with Crippen molar-refractivity contribution >= 4 is 5.69 Å². The average Bonchev–Trinajstić information content (AvgIpc) is 2.45. The van der Waals surface area contributed by atoms with Crippen LogP contribution in [0.1, 0.15) is 11.1 Å². The predicted octanol–water partition coefficient (Wildman–Crippen LogP) is 2.87. The van der Waals surface area contributed by atoms with Gasteiger partial charge >= 0.3 is 0 Å². The smallest absolute Gasteiger partial charge is 0.269 e. The third-order valence-corrected chi connectivity index (χ3v) is 2.86. The fraction of sp³-hybridized carbons (Fsp3) is 0.143. The van der Waals surface area contributed by atoms with Crippen LogP contribution in [0.15, 0.2) is 36.4 Å². The first-order valence-corrected chi connectivity index (χ1v) is 6.08. The number of nitrogens with zero attached hydrogens (tertiary/aromatic N) is 1. The number of nitro benzene ring substituents is 1. The predicted molar refractivity (Wildman–Crippen MR) is 71.7 cm³/mol. The summed E-state index contributed by atoms with van der Waals surface area (Å²) in [7, 11) is 0. The van der Waals surface area contributed by atoms with Crippen LogP contribution >= 0.6 is 0 Å². The Morgan fingerprint density at radius 3 is 2.33 bits per heavy atom. The minimum absolute atomic E-state index is 0.0176. The number of nitro groups is 1. The molecule has 0 radical (unpaired) electrons. The summed E-state index contributed by atoms with van der Waals surface area (Å²) in [5.41, 5.74) is 0.994. The second kappa shape index (κ2) is 6.27. The second-order valence-corrected chi connectivity index (χ2v) is 4.44. The minimum atomic E-state index is -1.03. The third-order valence-electron chi connectivity index (χ3n) is 2.86. The van der Waals surface area contributed by atoms with Crippen molar-refractivity contribution in [2.45, 2.75) is 13.1 Å². The standard InChI is InChI=1S/C14H12F2N2O3/c15-12-5-10(6-13(16)14(12)19)8-17-7-9-2-1-3-11(4-9)18(20)21/h1-6,17,19H,7-8H2. The van der Waals surface area contributed by atoms with Gasteiger partial charge in [0.25, 0.3) is 5.69 Å². The Morgan fingerprint density at radius 1 is 1.10 bits per heavy atom. The van der Waals surface area contributed by atoms with Gasteiger partial charge in [-0.1, -0.05) is 12.1 Å². The molecule has 2 aromatic rings. The Hall–Kier alpha value is -2.54. The molecule has 21 heavy (non-hydrogen) atoms. The molecular weight excluding hydrogens is 282 g/mol. The van der Waals surface area contributed by atoms with Gasteiger partial charge in [0, 0.05) is 25.2 Å². The maximum absolute atomic E-state index is 13.1. The van der Waals surface area contributed by atoms with E-state index in [1.165, 1.54) is 12.1 Å². The molecule has 110 valence electrons. The van der Waals surface area contributed by atoms with Gasteiger partial charge in [0.1, 0.15) is 0 Å². The summed E-state index contributed by atoms with van der Waals surface area (Å²) in [6.45, 7) is 0.475. The van der Waals surface area contributed by atoms with Gasteiger partial charge in [-0.2, -0.15) is 0 Å². The molecule has 2 rings (SSSR count). The van der Waals surface area contributed by atoms with Crippen molar-refractivity contribution in [3.8, 4) is 5.75 Å². The lowest BCUT2D eigenvalue weighted by atomic mass is 10.1. The van der Waals surface area contributed by atoms with Crippen LogP contribution in [-0.2, 0) is 13.1 Å². The lowest BCUT2D eigenvalue weighted by molar-refractivity contribution is -0.384. The highest BCUT2D eigenvalue weighted by molar-refractivity contribution is 5.34. The highest BCUT2D eigenvalue weighted by Gasteiger charge is 2.09. The lowest BCUT2D eigenvalue weighted by Crippen LogP contribution is -2.13. The van der Waals surface area contributed by atoms with Crippen molar-refractivity contribution < 1.29 is 18.8 Å². The Morgan fingerprint density at radius 2 is 1.71 bits per heavy atom. The van der Waals surface area contributed by atoms with Crippen molar-refractivity contribution in [1.29, 1.82) is 0 Å². The molecule has 0 aliphatic carbocycles. The van der Waals surface area contributed by atoms with Crippen molar-refractivity contribution in [2.24, 2.45) is 0 Å². The number of hydrogen-bond donors (Lipinski definition) is 2. The monoisotopic (exact) mass is 294 g/mol. The van der Waals surface area contributed by atoms with Crippen LogP contribution in [-0.4, -0.2) is 10.0 Å². The van der Waals surface area contributed by atoms with E-state index in [9.17, 15) is 18.9 Å². The molecule has 7 heteroatoms. The zero-order valence-corrected chi connectivity index (χ0v) is 10.8. The molecule has 5 nitrogen and oxygen atoms in total. The number of phenolic OH excluding ortho intramolecular Hbond substituents is 1. The molecule has 0 heterocycles. The molecule has 0 saturated heterocycles. The Balaban J connectivity index is 1.98. The van der Waals surface area contributed by atoms with E-state index in [-0.39, 0.29) is 12.2 Å². The number of phenols is 1. The molecule has 0 aliphatic heterocycles. The van der Waals surface area contributed by atoms with Crippen LogP contribution in [0.5, 0.6) is 5.75 Å². The van der Waals surface area contributed by atoms with E-state index in [2.05, 4.69) is 5.32 Å². The summed E-state index contributed by atoms with van der Waals surface area (Å²) in [6, 6.07) is 8.13. The normalized spacial score (nSPS) is 10.6. The minimum Gasteiger partial charge on any atom is -0.503 e. The lowest BCUT2D eigenvalue weighted by Gasteiger charge is -2.06. The first-order chi connectivity index (χ1) is 9.97. The Bertz CT molecular complexity index is 654. The van der Waals surface area contributed by atoms with E-state index in [1.807, 2.05) is 0 Å². The third kappa shape index (κ3) is 3.73. The van der Waals surface area contributed by atoms with Crippen molar-refractivity contribution in [3.63, 3.8) is 0 Å². The van der Waals surface area contributed by atoms with E-state index >= 15 is 0 Å². The van der Waals surface area contributed by atoms with Gasteiger partial charge < -0.3 is 10.4 Å². The molecule has 0 aliphatic rings. The molecule has 0 fully saturated rings. The van der Waals surface area contributed by atoms with E-state index < -0.39 is 22.3 Å². The molecule has 0 amide bonds. The fourth-order valence-electron chi connectivity index (χ4n) is 1.85. The maximum atomic E-state index is 13.1. The SMILES string of the molecule is O=[N+]([O-])c1cccc(CNCc2cc(F)c(O)c(F)c2)c1. The van der Waals surface area contributed by atoms with Crippen LogP contribution in [0, 0.1) is 21.7 Å². The van der Waals surface area contributed by atoms with E-state index in [1.54, 1.807) is 12.1 Å². The van der Waals surface area contributed by atoms with E-state index in [0.29, 0.717) is 17.7 Å². The molecule has 0 atom stereocenters. The number of non-ortho nitro benzene ring substituents is 1. The van der Waals surface area contributed by atoms with Crippen LogP contribution in [0.2, 0.25) is 0 Å². The highest BCUT2D eigenvalue weighted by atomic mass is 19.1. The summed E-state index contributed by atoms with van der Waals surface area (Å²) >= 11 is 0. The average molecular weight is 294 g/mol. The molecule has 0 aromatic heterocycles. The van der Waals surface area contributed by atoms with Gasteiger partial charge in [0.2, 0.25) is 0 Å². The van der Waals surface area contributed by atoms with Crippen molar-refractivity contribution in [1.82, 2.24) is 5.32 Å². The summed E-state index contributed by atoms with van der Waals surface area (Å²) in [6.07, 6.45) is 0. The molecule has 0 unspecified atom stereocenters. The van der Waals surface area contributed by atoms with Crippen molar-refractivity contribution in [2.75, 3.05) is 0 Å². The van der Waals surface area contributed by atoms with Crippen molar-refractivity contribution in [3.05, 3.63) is 69.3 Å². The molecule has 0 spiro atoms. The fourth-order valence-corrected chi connectivity index (χ4v) is 1.85. The number of nitrogens with one attached hydrogen (secondary N) is 1. The zero-order valence-electron chi connectivity index (χ0n) is 10.8. The largest absolute Gasteiger partial charge is 0.503 e. The first kappa shape index (κ1) is 14.9. The van der Waals surface area contributed by atoms with Gasteiger partial charge in [0.15, 0.2) is 17.4 Å². The van der Waals surface area contributed by atoms with Gasteiger partial charge in [-0.15, -0.1) is 0 Å². The van der Waals surface area contributed by atoms with Crippen LogP contribution in [0.3, 0.4) is 0 Å². The quantitative estimate of drug-likeness (QED) is 0.656. The summed E-state index contributed by atoms with van der Waals surface area (Å²) in [4.78, 5) is 10.1. The Labute approximate surface area is 119 Å². The van der Waals surface area contributed by atoms with Crippen LogP contribution < -0.4 is 5.32 Å². The number of hydrogen-bond acceptors (Lipinski definition) is 4. The molecule has 2 aromatic carbocycles. The van der Waals surface area contributed by atoms with Gasteiger partial charge in [-0.25, -0.2) is 8.78 Å². The molecule has 0 bridgehead atoms. The summed E-state index contributed by atoms with van der Waals surface area (Å²) in [5.74, 6) is -3.05. The molecule has 0 saturated carbocycles. The maximum Gasteiger partial charge on any atom is 0.269 e. The number of aromatic hydroxyl groups is 1. The van der Waals surface area contributed by atoms with Gasteiger partial charge in [-0.05, 0) is 23.3 Å². The van der Waals surface area contributed by atoms with E-state index in [0.717, 1.165) is 12.1 Å². The van der Waals surface area contributed by atoms with Gasteiger partial charge in [-0.3, -0.25) is 10.1 Å². The number of benzene rings is 2. The number of rotatable bonds is 5. The first-order valence-electron chi connectivity index (χ1n) is 6.08. The molecule has 2 N–H and O–H groups in total. The highest BCUT2D eigenvalue weighted by Crippen LogP contribution is 2.21. The van der Waals surface area contributed by atoms with Crippen LogP contribution in [0.4, 0.5) is 14.5 Å². The zero-order chi connectivity index (χ0) is 15.4. The van der Waals surface area contributed by atoms with Crippen LogP contribution in [0.25, 0.3) is 0 Å². The topological polar surface area (TPSA) is 75.4 Å². The van der Waals surface area contributed by atoms with Gasteiger partial charge in [0.05, 0.1) is 4.92 Å². The Kier molecular flexibility index (Phi) is 4.44.